The number of aromatic nitrogens is 3. The first-order valence-electron chi connectivity index (χ1n) is 7.30. The number of para-hydroxylation sites is 1. The molecule has 0 amide bonds. The molecule has 0 bridgehead atoms. The van der Waals surface area contributed by atoms with Gasteiger partial charge in [0.25, 0.3) is 0 Å². The minimum absolute atomic E-state index is 0.0398. The van der Waals surface area contributed by atoms with Crippen LogP contribution in [-0.2, 0) is 11.8 Å². The second-order valence-electron chi connectivity index (χ2n) is 5.58. The molecule has 1 aliphatic heterocycles. The summed E-state index contributed by atoms with van der Waals surface area (Å²) in [5, 5.41) is 5.39. The highest BCUT2D eigenvalue weighted by atomic mass is 16.5. The van der Waals surface area contributed by atoms with Gasteiger partial charge in [-0.15, -0.1) is 0 Å². The average Bonchev–Trinajstić information content (AvgIpc) is 3.06. The first-order chi connectivity index (χ1) is 10.3. The average molecular weight is 283 g/mol. The highest BCUT2D eigenvalue weighted by molar-refractivity contribution is 6.12. The van der Waals surface area contributed by atoms with Crippen LogP contribution in [0.1, 0.15) is 17.6 Å². The van der Waals surface area contributed by atoms with Gasteiger partial charge in [-0.25, -0.2) is 0 Å². The Labute approximate surface area is 122 Å². The third kappa shape index (κ3) is 1.81. The largest absolute Gasteiger partial charge is 0.381 e. The lowest BCUT2D eigenvalue weighted by molar-refractivity contribution is 0.0494. The zero-order valence-electron chi connectivity index (χ0n) is 12.0. The van der Waals surface area contributed by atoms with E-state index in [0.717, 1.165) is 34.8 Å². The highest BCUT2D eigenvalue weighted by Gasteiger charge is 2.26. The second kappa shape index (κ2) is 4.70. The van der Waals surface area contributed by atoms with Gasteiger partial charge in [0.1, 0.15) is 0 Å². The third-order valence-electron chi connectivity index (χ3n) is 4.35. The zero-order chi connectivity index (χ0) is 14.4. The van der Waals surface area contributed by atoms with Gasteiger partial charge in [0, 0.05) is 31.6 Å². The minimum atomic E-state index is 0.0398. The van der Waals surface area contributed by atoms with E-state index < -0.39 is 0 Å². The van der Waals surface area contributed by atoms with Crippen molar-refractivity contribution in [3.63, 3.8) is 0 Å². The van der Waals surface area contributed by atoms with E-state index in [4.69, 9.17) is 4.74 Å². The molecular formula is C16H17N3O2. The van der Waals surface area contributed by atoms with Crippen molar-refractivity contribution in [2.24, 2.45) is 13.0 Å². The lowest BCUT2D eigenvalue weighted by Crippen LogP contribution is -2.27. The summed E-state index contributed by atoms with van der Waals surface area (Å²) in [4.78, 5) is 13.0. The van der Waals surface area contributed by atoms with Crippen LogP contribution < -0.4 is 0 Å². The molecule has 21 heavy (non-hydrogen) atoms. The van der Waals surface area contributed by atoms with Crippen LogP contribution in [0.2, 0.25) is 0 Å². The summed E-state index contributed by atoms with van der Waals surface area (Å²) in [6, 6.07) is 8.03. The summed E-state index contributed by atoms with van der Waals surface area (Å²) in [5.74, 6) is 0.204. The molecule has 5 heteroatoms. The summed E-state index contributed by atoms with van der Waals surface area (Å²) in [6.45, 7) is 1.34. The lowest BCUT2D eigenvalue weighted by Gasteiger charge is -2.21. The Morgan fingerprint density at radius 1 is 1.24 bits per heavy atom. The van der Waals surface area contributed by atoms with Gasteiger partial charge in [0.2, 0.25) is 5.91 Å². The van der Waals surface area contributed by atoms with Crippen LogP contribution in [0, 0.1) is 5.92 Å². The zero-order valence-corrected chi connectivity index (χ0v) is 12.0. The fraction of sp³-hybridized carbons (Fsp3) is 0.375. The molecule has 0 atom stereocenters. The predicted octanol–water partition coefficient (Wildman–Crippen LogP) is 2.59. The predicted molar refractivity (Wildman–Crippen MR) is 80.4 cm³/mol. The number of benzene rings is 1. The van der Waals surface area contributed by atoms with Gasteiger partial charge < -0.3 is 4.74 Å². The van der Waals surface area contributed by atoms with E-state index in [1.165, 1.54) is 0 Å². The molecule has 0 radical (unpaired) electrons. The molecular weight excluding hydrogens is 266 g/mol. The van der Waals surface area contributed by atoms with Crippen LogP contribution in [0.15, 0.2) is 30.5 Å². The number of ether oxygens (including phenoxy) is 1. The van der Waals surface area contributed by atoms with Gasteiger partial charge in [-0.2, -0.15) is 5.10 Å². The smallest absolute Gasteiger partial charge is 0.234 e. The molecule has 108 valence electrons. The van der Waals surface area contributed by atoms with Crippen molar-refractivity contribution in [1.82, 2.24) is 14.3 Å². The maximum absolute atomic E-state index is 13.0. The van der Waals surface area contributed by atoms with Gasteiger partial charge in [-0.3, -0.25) is 14.0 Å². The molecule has 0 saturated carbocycles. The van der Waals surface area contributed by atoms with Crippen LogP contribution in [0.5, 0.6) is 0 Å². The van der Waals surface area contributed by atoms with Crippen LogP contribution >= 0.6 is 0 Å². The number of nitrogens with zero attached hydrogens (tertiary/aromatic N) is 3. The molecule has 0 spiro atoms. The maximum atomic E-state index is 13.0. The lowest BCUT2D eigenvalue weighted by atomic mass is 9.99. The van der Waals surface area contributed by atoms with Crippen molar-refractivity contribution in [3.8, 4) is 0 Å². The second-order valence-corrected chi connectivity index (χ2v) is 5.58. The van der Waals surface area contributed by atoms with Gasteiger partial charge in [-0.05, 0) is 18.9 Å². The quantitative estimate of drug-likeness (QED) is 0.689. The molecule has 5 nitrogen and oxygen atoms in total. The van der Waals surface area contributed by atoms with E-state index >= 15 is 0 Å². The van der Waals surface area contributed by atoms with E-state index in [1.807, 2.05) is 40.6 Å². The number of aryl methyl sites for hydroxylation is 1. The summed E-state index contributed by atoms with van der Waals surface area (Å²) < 4.78 is 9.05. The summed E-state index contributed by atoms with van der Waals surface area (Å²) >= 11 is 0. The van der Waals surface area contributed by atoms with Gasteiger partial charge >= 0.3 is 0 Å². The van der Waals surface area contributed by atoms with Crippen molar-refractivity contribution in [1.29, 1.82) is 0 Å². The normalized spacial score (nSPS) is 16.8. The van der Waals surface area contributed by atoms with E-state index in [0.29, 0.717) is 13.2 Å². The highest BCUT2D eigenvalue weighted by Crippen LogP contribution is 2.30. The number of hydrogen-bond acceptors (Lipinski definition) is 3. The monoisotopic (exact) mass is 283 g/mol. The van der Waals surface area contributed by atoms with Crippen LogP contribution in [0.4, 0.5) is 0 Å². The Hall–Kier alpha value is -2.14. The molecule has 1 saturated heterocycles. The Morgan fingerprint density at radius 2 is 2.00 bits per heavy atom. The number of carbonyl (C=O) groups excluding carboxylic acids is 1. The van der Waals surface area contributed by atoms with Crippen LogP contribution in [0.25, 0.3) is 21.9 Å². The number of rotatable bonds is 1. The molecule has 1 aliphatic rings. The third-order valence-corrected chi connectivity index (χ3v) is 4.35. The molecule has 0 N–H and O–H groups in total. The Balaban J connectivity index is 1.95. The van der Waals surface area contributed by atoms with E-state index in [9.17, 15) is 4.79 Å². The SMILES string of the molecule is Cn1ncc2c1c1ccccc1n2C(=O)C1CCOCC1. The molecule has 1 aromatic carbocycles. The molecule has 1 fully saturated rings. The Morgan fingerprint density at radius 3 is 2.81 bits per heavy atom. The molecule has 2 aromatic heterocycles. The first kappa shape index (κ1) is 12.6. The molecule has 0 aliphatic carbocycles. The van der Waals surface area contributed by atoms with Crippen molar-refractivity contribution < 1.29 is 9.53 Å². The molecule has 3 heterocycles. The number of hydrogen-bond donors (Lipinski definition) is 0. The van der Waals surface area contributed by atoms with Gasteiger partial charge in [-0.1, -0.05) is 18.2 Å². The van der Waals surface area contributed by atoms with Crippen LogP contribution in [-0.4, -0.2) is 33.5 Å². The van der Waals surface area contributed by atoms with E-state index in [-0.39, 0.29) is 11.8 Å². The first-order valence-corrected chi connectivity index (χ1v) is 7.30. The molecule has 3 aromatic rings. The summed E-state index contributed by atoms with van der Waals surface area (Å²) in [6.07, 6.45) is 3.38. The van der Waals surface area contributed by atoms with Crippen molar-refractivity contribution in [3.05, 3.63) is 30.5 Å². The summed E-state index contributed by atoms with van der Waals surface area (Å²) in [7, 11) is 1.91. The van der Waals surface area contributed by atoms with Gasteiger partial charge in [0.15, 0.2) is 0 Å². The maximum Gasteiger partial charge on any atom is 0.234 e. The standard InChI is InChI=1S/C16H17N3O2/c1-18-15-12-4-2-3-5-13(12)19(14(15)10-17-18)16(20)11-6-8-21-9-7-11/h2-5,10-11H,6-9H2,1H3. The van der Waals surface area contributed by atoms with Crippen molar-refractivity contribution in [2.75, 3.05) is 13.2 Å². The van der Waals surface area contributed by atoms with Crippen molar-refractivity contribution >= 4 is 27.8 Å². The molecule has 0 unspecified atom stereocenters. The minimum Gasteiger partial charge on any atom is -0.381 e. The van der Waals surface area contributed by atoms with Crippen LogP contribution in [0.3, 0.4) is 0 Å². The van der Waals surface area contributed by atoms with E-state index in [2.05, 4.69) is 5.10 Å². The molecule has 4 rings (SSSR count). The summed E-state index contributed by atoms with van der Waals surface area (Å²) in [5.41, 5.74) is 2.89. The Bertz CT molecular complexity index is 825. The fourth-order valence-corrected chi connectivity index (χ4v) is 3.27. The van der Waals surface area contributed by atoms with Gasteiger partial charge in [0.05, 0.1) is 22.7 Å². The topological polar surface area (TPSA) is 49.0 Å². The number of fused-ring (bicyclic) bond motifs is 3. The van der Waals surface area contributed by atoms with E-state index in [1.54, 1.807) is 6.20 Å². The number of carbonyl (C=O) groups is 1. The Kier molecular flexibility index (Phi) is 2.82. The fourth-order valence-electron chi connectivity index (χ4n) is 3.27. The van der Waals surface area contributed by atoms with Crippen molar-refractivity contribution in [2.45, 2.75) is 12.8 Å².